The number of carbonyl (C=O) groups excluding carboxylic acids is 1. The quantitative estimate of drug-likeness (QED) is 0.151. The number of rotatable bonds is 8. The number of benzene rings is 4. The number of nitrogens with zero attached hydrogens (tertiary/aromatic N) is 2. The Hall–Kier alpha value is -4.49. The normalized spacial score (nSPS) is 11.1. The number of amides is 1. The first-order valence-corrected chi connectivity index (χ1v) is 13.1. The van der Waals surface area contributed by atoms with Gasteiger partial charge in [0, 0.05) is 27.0 Å². The molecular weight excluding hydrogens is 557 g/mol. The highest BCUT2D eigenvalue weighted by Crippen LogP contribution is 2.27. The van der Waals surface area contributed by atoms with Gasteiger partial charge in [-0.15, -0.1) is 0 Å². The number of hydrogen-bond donors (Lipinski definition) is 1. The predicted molar refractivity (Wildman–Crippen MR) is 156 cm³/mol. The maximum Gasteiger partial charge on any atom is 0.271 e. The lowest BCUT2D eigenvalue weighted by Gasteiger charge is -2.13. The summed E-state index contributed by atoms with van der Waals surface area (Å²) in [6.07, 6.45) is 1.52. The Labute approximate surface area is 234 Å². The summed E-state index contributed by atoms with van der Waals surface area (Å²) in [5.74, 6) is -0.0896. The molecule has 0 bridgehead atoms. The monoisotopic (exact) mass is 581 g/mol. The first-order chi connectivity index (χ1) is 19.0. The molecule has 0 aliphatic rings. The first-order valence-electron chi connectivity index (χ1n) is 12.3. The average Bonchev–Trinajstić information content (AvgIpc) is 3.34. The minimum atomic E-state index is -0.331. The lowest BCUT2D eigenvalue weighted by Crippen LogP contribution is -2.17. The van der Waals surface area contributed by atoms with E-state index in [1.165, 1.54) is 18.3 Å². The SMILES string of the molecule is Cc1ccc(-c2ccccc2)n1-c1ccc(C(=O)N/N=C/c2cc(Br)ccc2OCc2cccc(F)c2)cc1. The predicted octanol–water partition coefficient (Wildman–Crippen LogP) is 7.70. The van der Waals surface area contributed by atoms with Crippen LogP contribution in [0.15, 0.2) is 119 Å². The van der Waals surface area contributed by atoms with Gasteiger partial charge in [0.25, 0.3) is 5.91 Å². The maximum atomic E-state index is 13.5. The molecule has 39 heavy (non-hydrogen) atoms. The summed E-state index contributed by atoms with van der Waals surface area (Å²) in [6, 6.07) is 33.5. The van der Waals surface area contributed by atoms with Crippen LogP contribution in [0.4, 0.5) is 4.39 Å². The molecule has 1 aromatic heterocycles. The van der Waals surface area contributed by atoms with Crippen LogP contribution in [0, 0.1) is 12.7 Å². The van der Waals surface area contributed by atoms with Crippen LogP contribution in [0.2, 0.25) is 0 Å². The fourth-order valence-corrected chi connectivity index (χ4v) is 4.62. The number of hydrazone groups is 1. The number of aryl methyl sites for hydroxylation is 1. The lowest BCUT2D eigenvalue weighted by molar-refractivity contribution is 0.0955. The van der Waals surface area contributed by atoms with Gasteiger partial charge in [-0.3, -0.25) is 4.79 Å². The smallest absolute Gasteiger partial charge is 0.271 e. The Balaban J connectivity index is 1.27. The molecule has 0 radical (unpaired) electrons. The fourth-order valence-electron chi connectivity index (χ4n) is 4.24. The van der Waals surface area contributed by atoms with Gasteiger partial charge in [-0.05, 0) is 84.8 Å². The zero-order valence-corrected chi connectivity index (χ0v) is 22.7. The van der Waals surface area contributed by atoms with Gasteiger partial charge in [-0.2, -0.15) is 5.10 Å². The molecule has 5 aromatic rings. The van der Waals surface area contributed by atoms with Crippen molar-refractivity contribution in [1.29, 1.82) is 0 Å². The molecule has 0 aliphatic heterocycles. The van der Waals surface area contributed by atoms with E-state index in [0.717, 1.165) is 27.1 Å². The summed E-state index contributed by atoms with van der Waals surface area (Å²) in [5.41, 5.74) is 8.70. The molecule has 0 fully saturated rings. The van der Waals surface area contributed by atoms with E-state index in [-0.39, 0.29) is 18.3 Å². The van der Waals surface area contributed by atoms with Crippen LogP contribution in [0.5, 0.6) is 5.75 Å². The third-order valence-corrected chi connectivity index (χ3v) is 6.65. The Morgan fingerprint density at radius 2 is 1.74 bits per heavy atom. The second kappa shape index (κ2) is 11.9. The number of nitrogens with one attached hydrogen (secondary N) is 1. The van der Waals surface area contributed by atoms with Gasteiger partial charge in [0.05, 0.1) is 11.9 Å². The van der Waals surface area contributed by atoms with Crippen LogP contribution >= 0.6 is 15.9 Å². The van der Waals surface area contributed by atoms with E-state index < -0.39 is 0 Å². The molecule has 0 saturated heterocycles. The summed E-state index contributed by atoms with van der Waals surface area (Å²) < 4.78 is 22.4. The van der Waals surface area contributed by atoms with Gasteiger partial charge in [-0.25, -0.2) is 9.82 Å². The van der Waals surface area contributed by atoms with Crippen LogP contribution in [0.25, 0.3) is 16.9 Å². The molecule has 5 rings (SSSR count). The van der Waals surface area contributed by atoms with Gasteiger partial charge in [-0.1, -0.05) is 58.4 Å². The van der Waals surface area contributed by atoms with Crippen LogP contribution in [0.3, 0.4) is 0 Å². The van der Waals surface area contributed by atoms with E-state index in [2.05, 4.69) is 62.2 Å². The number of hydrogen-bond acceptors (Lipinski definition) is 3. The minimum absolute atomic E-state index is 0.200. The Morgan fingerprint density at radius 1 is 0.949 bits per heavy atom. The molecule has 0 spiro atoms. The van der Waals surface area contributed by atoms with Gasteiger partial charge >= 0.3 is 0 Å². The standard InChI is InChI=1S/C32H25BrFN3O2/c1-22-10-16-30(24-7-3-2-4-8-24)37(22)29-14-11-25(12-15-29)32(38)36-35-20-26-19-27(33)13-17-31(26)39-21-23-6-5-9-28(34)18-23/h2-20H,21H2,1H3,(H,36,38)/b35-20+. The maximum absolute atomic E-state index is 13.5. The third kappa shape index (κ3) is 6.33. The molecule has 5 nitrogen and oxygen atoms in total. The molecular formula is C32H25BrFN3O2. The molecule has 0 saturated carbocycles. The second-order valence-corrected chi connectivity index (χ2v) is 9.82. The zero-order chi connectivity index (χ0) is 27.2. The van der Waals surface area contributed by atoms with E-state index in [4.69, 9.17) is 4.74 Å². The van der Waals surface area contributed by atoms with Crippen molar-refractivity contribution >= 4 is 28.1 Å². The van der Waals surface area contributed by atoms with Crippen LogP contribution in [0.1, 0.15) is 27.2 Å². The second-order valence-electron chi connectivity index (χ2n) is 8.91. The van der Waals surface area contributed by atoms with Gasteiger partial charge in [0.2, 0.25) is 0 Å². The summed E-state index contributed by atoms with van der Waals surface area (Å²) in [7, 11) is 0. The third-order valence-electron chi connectivity index (χ3n) is 6.16. The number of halogens is 2. The van der Waals surface area contributed by atoms with E-state index in [1.807, 2.05) is 42.5 Å². The number of carbonyl (C=O) groups is 1. The van der Waals surface area contributed by atoms with Crippen molar-refractivity contribution in [2.24, 2.45) is 5.10 Å². The zero-order valence-electron chi connectivity index (χ0n) is 21.1. The van der Waals surface area contributed by atoms with Crippen molar-refractivity contribution in [2.75, 3.05) is 0 Å². The molecule has 4 aromatic carbocycles. The summed E-state index contributed by atoms with van der Waals surface area (Å²) in [6.45, 7) is 2.26. The summed E-state index contributed by atoms with van der Waals surface area (Å²) in [5, 5.41) is 4.14. The highest BCUT2D eigenvalue weighted by molar-refractivity contribution is 9.10. The Morgan fingerprint density at radius 3 is 2.51 bits per heavy atom. The Kier molecular flexibility index (Phi) is 7.99. The summed E-state index contributed by atoms with van der Waals surface area (Å²) in [4.78, 5) is 12.8. The minimum Gasteiger partial charge on any atom is -0.488 e. The fraction of sp³-hybridized carbons (Fsp3) is 0.0625. The lowest BCUT2D eigenvalue weighted by atomic mass is 10.1. The molecule has 7 heteroatoms. The van der Waals surface area contributed by atoms with Crippen molar-refractivity contribution in [1.82, 2.24) is 9.99 Å². The molecule has 0 unspecified atom stereocenters. The van der Waals surface area contributed by atoms with Crippen molar-refractivity contribution in [3.05, 3.63) is 142 Å². The Bertz CT molecular complexity index is 1630. The van der Waals surface area contributed by atoms with Gasteiger partial charge in [0.15, 0.2) is 0 Å². The van der Waals surface area contributed by atoms with Crippen molar-refractivity contribution in [2.45, 2.75) is 13.5 Å². The van der Waals surface area contributed by atoms with Crippen molar-refractivity contribution in [3.63, 3.8) is 0 Å². The number of ether oxygens (including phenoxy) is 1. The molecule has 1 amide bonds. The molecule has 0 atom stereocenters. The largest absolute Gasteiger partial charge is 0.488 e. The molecule has 0 aliphatic carbocycles. The average molecular weight is 582 g/mol. The molecule has 1 heterocycles. The van der Waals surface area contributed by atoms with E-state index in [9.17, 15) is 9.18 Å². The van der Waals surface area contributed by atoms with E-state index in [1.54, 1.807) is 30.3 Å². The van der Waals surface area contributed by atoms with Crippen LogP contribution < -0.4 is 10.2 Å². The van der Waals surface area contributed by atoms with Gasteiger partial charge in [0.1, 0.15) is 18.2 Å². The van der Waals surface area contributed by atoms with E-state index in [0.29, 0.717) is 22.4 Å². The first kappa shape index (κ1) is 26.1. The molecule has 194 valence electrons. The van der Waals surface area contributed by atoms with E-state index >= 15 is 0 Å². The van der Waals surface area contributed by atoms with Crippen molar-refractivity contribution in [3.8, 4) is 22.7 Å². The van der Waals surface area contributed by atoms with Crippen LogP contribution in [-0.2, 0) is 6.61 Å². The number of aromatic nitrogens is 1. The van der Waals surface area contributed by atoms with Crippen LogP contribution in [-0.4, -0.2) is 16.7 Å². The molecule has 1 N–H and O–H groups in total. The highest BCUT2D eigenvalue weighted by Gasteiger charge is 2.11. The topological polar surface area (TPSA) is 55.6 Å². The van der Waals surface area contributed by atoms with Gasteiger partial charge < -0.3 is 9.30 Å². The highest BCUT2D eigenvalue weighted by atomic mass is 79.9. The van der Waals surface area contributed by atoms with Crippen molar-refractivity contribution < 1.29 is 13.9 Å². The summed E-state index contributed by atoms with van der Waals surface area (Å²) >= 11 is 3.45.